The van der Waals surface area contributed by atoms with E-state index in [1.807, 2.05) is 18.0 Å². The molecule has 0 radical (unpaired) electrons. The highest BCUT2D eigenvalue weighted by Gasteiger charge is 2.48. The van der Waals surface area contributed by atoms with E-state index in [0.717, 1.165) is 38.8 Å². The molecule has 42 heavy (non-hydrogen) atoms. The third-order valence-electron chi connectivity index (χ3n) is 9.10. The zero-order valence-electron chi connectivity index (χ0n) is 23.4. The lowest BCUT2D eigenvalue weighted by Crippen LogP contribution is -2.43. The van der Waals surface area contributed by atoms with Crippen molar-refractivity contribution in [2.24, 2.45) is 0 Å². The number of pyridine rings is 1. The molecule has 0 amide bonds. The molecule has 1 aliphatic carbocycles. The van der Waals surface area contributed by atoms with Gasteiger partial charge in [-0.15, -0.1) is 18.0 Å². The quantitative estimate of drug-likeness (QED) is 0.207. The zero-order chi connectivity index (χ0) is 29.2. The van der Waals surface area contributed by atoms with Gasteiger partial charge >= 0.3 is 6.01 Å². The highest BCUT2D eigenvalue weighted by Crippen LogP contribution is 2.42. The van der Waals surface area contributed by atoms with Gasteiger partial charge in [0.05, 0.1) is 28.6 Å². The normalized spacial score (nSPS) is 25.1. The maximum atomic E-state index is 16.6. The summed E-state index contributed by atoms with van der Waals surface area (Å²) in [7, 11) is 3.56. The number of methoxy groups -OCH3 is 1. The fraction of sp³-hybridized carbons (Fsp3) is 0.406. The largest absolute Gasteiger partial charge is 0.461 e. The number of benzene rings is 2. The molecule has 0 N–H and O–H groups in total. The summed E-state index contributed by atoms with van der Waals surface area (Å²) in [5, 5.41) is 1.62. The van der Waals surface area contributed by atoms with E-state index in [2.05, 4.69) is 20.8 Å². The Bertz CT molecular complexity index is 1760. The number of rotatable bonds is 7. The van der Waals surface area contributed by atoms with Gasteiger partial charge in [-0.25, -0.2) is 18.7 Å². The van der Waals surface area contributed by atoms with Gasteiger partial charge in [-0.05, 0) is 43.7 Å². The molecule has 216 valence electrons. The van der Waals surface area contributed by atoms with Crippen LogP contribution in [0.3, 0.4) is 0 Å². The SMILES string of the molecule is C#Cc1c(F)ccc2cccc(-c3nc(N(C)[C@@H]4C[C@H]4OC)c4cnc(OC[C@@]56CCCN5C[C@H](Cl)C6)nc4c3F)c12. The van der Waals surface area contributed by atoms with E-state index in [1.54, 1.807) is 31.5 Å². The van der Waals surface area contributed by atoms with Crippen LogP contribution in [0.15, 0.2) is 36.5 Å². The van der Waals surface area contributed by atoms with Crippen LogP contribution in [0.1, 0.15) is 31.2 Å². The Kier molecular flexibility index (Phi) is 6.69. The number of hydrogen-bond donors (Lipinski definition) is 0. The van der Waals surface area contributed by atoms with E-state index < -0.39 is 11.6 Å². The molecule has 2 aromatic carbocycles. The summed E-state index contributed by atoms with van der Waals surface area (Å²) in [6, 6.07) is 8.38. The Morgan fingerprint density at radius 1 is 1.24 bits per heavy atom. The Labute approximate surface area is 247 Å². The molecule has 1 saturated carbocycles. The number of alkyl halides is 1. The third-order valence-corrected chi connectivity index (χ3v) is 9.39. The van der Waals surface area contributed by atoms with Gasteiger partial charge in [0.25, 0.3) is 0 Å². The van der Waals surface area contributed by atoms with Gasteiger partial charge in [-0.3, -0.25) is 4.90 Å². The van der Waals surface area contributed by atoms with Crippen molar-refractivity contribution >= 4 is 39.1 Å². The second-order valence-corrected chi connectivity index (χ2v) is 12.2. The third kappa shape index (κ3) is 4.36. The number of aromatic nitrogens is 3. The minimum Gasteiger partial charge on any atom is -0.461 e. The molecule has 3 fully saturated rings. The zero-order valence-corrected chi connectivity index (χ0v) is 24.2. The van der Waals surface area contributed by atoms with Crippen LogP contribution < -0.4 is 9.64 Å². The molecule has 0 bridgehead atoms. The van der Waals surface area contributed by atoms with Crippen LogP contribution in [-0.2, 0) is 4.74 Å². The van der Waals surface area contributed by atoms with Crippen molar-refractivity contribution in [1.29, 1.82) is 0 Å². The van der Waals surface area contributed by atoms with Gasteiger partial charge in [0, 0.05) is 43.2 Å². The number of likely N-dealkylation sites (N-methyl/N-ethyl adjacent to an activating group) is 1. The van der Waals surface area contributed by atoms with E-state index >= 15 is 4.39 Å². The summed E-state index contributed by atoms with van der Waals surface area (Å²) in [6.45, 7) is 2.19. The molecule has 0 spiro atoms. The molecule has 3 aliphatic rings. The van der Waals surface area contributed by atoms with Crippen LogP contribution in [-0.4, -0.2) is 76.8 Å². The lowest BCUT2D eigenvalue weighted by molar-refractivity contribution is 0.108. The van der Waals surface area contributed by atoms with Gasteiger partial charge in [-0.1, -0.05) is 30.2 Å². The van der Waals surface area contributed by atoms with Gasteiger partial charge < -0.3 is 14.4 Å². The van der Waals surface area contributed by atoms with Crippen molar-refractivity contribution in [1.82, 2.24) is 19.9 Å². The fourth-order valence-corrected chi connectivity index (χ4v) is 7.31. The molecule has 4 aromatic rings. The molecule has 2 aromatic heterocycles. The molecule has 7 nitrogen and oxygen atoms in total. The molecular formula is C32H30ClF2N5O2. The standard InChI is InChI=1S/C32H30ClF2N5O2/c1-4-20-23(34)10-9-18-7-5-8-21(26(18)20)28-27(35)29-22(30(37-28)39(2)24-13-25(24)41-3)15-36-31(38-29)42-17-32-11-6-12-40(32)16-19(33)14-32/h1,5,7-10,15,19,24-25H,6,11-14,16-17H2,2-3H3/t19-,24-,25-,32+/m1/s1. The van der Waals surface area contributed by atoms with Crippen molar-refractivity contribution < 1.29 is 18.3 Å². The molecule has 2 saturated heterocycles. The number of terminal acetylenes is 1. The average Bonchev–Trinajstić information content (AvgIpc) is 3.60. The van der Waals surface area contributed by atoms with Gasteiger partial charge in [0.1, 0.15) is 29.5 Å². The van der Waals surface area contributed by atoms with Crippen LogP contribution in [0.5, 0.6) is 6.01 Å². The van der Waals surface area contributed by atoms with Gasteiger partial charge in [0.15, 0.2) is 5.82 Å². The summed E-state index contributed by atoms with van der Waals surface area (Å²) in [4.78, 5) is 18.2. The van der Waals surface area contributed by atoms with Crippen LogP contribution in [0.4, 0.5) is 14.6 Å². The molecule has 10 heteroatoms. The van der Waals surface area contributed by atoms with Gasteiger partial charge in [-0.2, -0.15) is 4.98 Å². The Morgan fingerprint density at radius 3 is 2.88 bits per heavy atom. The summed E-state index contributed by atoms with van der Waals surface area (Å²) in [6.07, 6.45) is 11.0. The maximum Gasteiger partial charge on any atom is 0.317 e. The van der Waals surface area contributed by atoms with Crippen LogP contribution in [0.2, 0.25) is 0 Å². The molecule has 7 rings (SSSR count). The molecule has 2 aliphatic heterocycles. The minimum absolute atomic E-state index is 0.0256. The Morgan fingerprint density at radius 2 is 2.10 bits per heavy atom. The van der Waals surface area contributed by atoms with E-state index in [1.165, 1.54) is 6.07 Å². The number of ether oxygens (including phenoxy) is 2. The van der Waals surface area contributed by atoms with E-state index in [4.69, 9.17) is 32.5 Å². The molecule has 0 unspecified atom stereocenters. The van der Waals surface area contributed by atoms with Gasteiger partial charge in [0.2, 0.25) is 0 Å². The fourth-order valence-electron chi connectivity index (χ4n) is 6.86. The monoisotopic (exact) mass is 589 g/mol. The number of halogens is 3. The van der Waals surface area contributed by atoms with Crippen molar-refractivity contribution in [2.75, 3.05) is 38.8 Å². The highest BCUT2D eigenvalue weighted by atomic mass is 35.5. The van der Waals surface area contributed by atoms with Crippen LogP contribution in [0, 0.1) is 24.0 Å². The smallest absolute Gasteiger partial charge is 0.317 e. The lowest BCUT2D eigenvalue weighted by atomic mass is 9.95. The molecular weight excluding hydrogens is 560 g/mol. The summed E-state index contributed by atoms with van der Waals surface area (Å²) in [5.41, 5.74) is 0.380. The number of nitrogens with zero attached hydrogens (tertiary/aromatic N) is 5. The predicted octanol–water partition coefficient (Wildman–Crippen LogP) is 5.55. The number of fused-ring (bicyclic) bond motifs is 3. The van der Waals surface area contributed by atoms with Crippen LogP contribution >= 0.6 is 11.6 Å². The first-order valence-electron chi connectivity index (χ1n) is 14.2. The predicted molar refractivity (Wildman–Crippen MR) is 159 cm³/mol. The number of anilines is 1. The highest BCUT2D eigenvalue weighted by molar-refractivity contribution is 6.21. The van der Waals surface area contributed by atoms with Crippen molar-refractivity contribution in [3.8, 4) is 29.6 Å². The second kappa shape index (κ2) is 10.3. The summed E-state index contributed by atoms with van der Waals surface area (Å²) < 4.78 is 43.1. The first-order valence-corrected chi connectivity index (χ1v) is 14.6. The summed E-state index contributed by atoms with van der Waals surface area (Å²) >= 11 is 6.50. The first-order chi connectivity index (χ1) is 20.3. The Balaban J connectivity index is 1.37. The lowest BCUT2D eigenvalue weighted by Gasteiger charge is -2.31. The molecule has 4 atom stereocenters. The maximum absolute atomic E-state index is 16.6. The van der Waals surface area contributed by atoms with Crippen LogP contribution in [0.25, 0.3) is 32.9 Å². The Hall–Kier alpha value is -3.58. The molecule has 4 heterocycles. The topological polar surface area (TPSA) is 63.6 Å². The van der Waals surface area contributed by atoms with Crippen molar-refractivity contribution in [3.63, 3.8) is 0 Å². The second-order valence-electron chi connectivity index (χ2n) is 11.5. The minimum atomic E-state index is -0.657. The van der Waals surface area contributed by atoms with E-state index in [9.17, 15) is 4.39 Å². The first kappa shape index (κ1) is 27.3. The van der Waals surface area contributed by atoms with Crippen molar-refractivity contribution in [2.45, 2.75) is 48.7 Å². The van der Waals surface area contributed by atoms with E-state index in [-0.39, 0.29) is 45.8 Å². The summed E-state index contributed by atoms with van der Waals surface area (Å²) in [5.74, 6) is 1.73. The van der Waals surface area contributed by atoms with E-state index in [0.29, 0.717) is 34.1 Å². The number of hydrogen-bond acceptors (Lipinski definition) is 7. The average molecular weight is 590 g/mol. The van der Waals surface area contributed by atoms with Crippen molar-refractivity contribution in [3.05, 3.63) is 53.7 Å².